The van der Waals surface area contributed by atoms with Crippen LogP contribution in [0.25, 0.3) is 0 Å². The number of benzene rings is 1. The van der Waals surface area contributed by atoms with Crippen molar-refractivity contribution < 1.29 is 4.84 Å². The van der Waals surface area contributed by atoms with Gasteiger partial charge in [-0.25, -0.2) is 0 Å². The highest BCUT2D eigenvalue weighted by Crippen LogP contribution is 2.18. The van der Waals surface area contributed by atoms with Crippen LogP contribution < -0.4 is 4.84 Å². The number of unbranched alkanes of at least 4 members (excludes halogenated alkanes) is 2. The zero-order valence-corrected chi connectivity index (χ0v) is 13.2. The van der Waals surface area contributed by atoms with E-state index in [-0.39, 0.29) is 0 Å². The van der Waals surface area contributed by atoms with Gasteiger partial charge in [-0.1, -0.05) is 44.0 Å². The Balaban J connectivity index is 1.88. The molecule has 0 amide bonds. The van der Waals surface area contributed by atoms with Crippen molar-refractivity contribution in [2.45, 2.75) is 38.6 Å². The normalized spacial score (nSPS) is 20.3. The van der Waals surface area contributed by atoms with Gasteiger partial charge in [-0.15, -0.1) is 11.6 Å². The molecule has 116 valence electrons. The fourth-order valence-corrected chi connectivity index (χ4v) is 2.81. The highest BCUT2D eigenvalue weighted by atomic mass is 16.7. The van der Waals surface area contributed by atoms with E-state index in [4.69, 9.17) is 4.84 Å². The summed E-state index contributed by atoms with van der Waals surface area (Å²) >= 11 is 0. The average Bonchev–Trinajstić information content (AvgIpc) is 2.51. The Bertz CT molecular complexity index is 407. The lowest BCUT2D eigenvalue weighted by atomic mass is 10.1. The quantitative estimate of drug-likeness (QED) is 0.535. The van der Waals surface area contributed by atoms with Crippen LogP contribution in [-0.4, -0.2) is 42.2 Å². The molecule has 0 aliphatic carbocycles. The van der Waals surface area contributed by atoms with Crippen molar-refractivity contribution in [3.63, 3.8) is 0 Å². The molecule has 1 fully saturated rings. The first-order chi connectivity index (χ1) is 10.3. The lowest BCUT2D eigenvalue weighted by molar-refractivity contribution is -0.127. The van der Waals surface area contributed by atoms with Crippen LogP contribution in [0.4, 0.5) is 0 Å². The molecule has 0 N–H and O–H groups in total. The molecule has 1 unspecified atom stereocenters. The van der Waals surface area contributed by atoms with Gasteiger partial charge >= 0.3 is 0 Å². The number of para-hydroxylation sites is 1. The van der Waals surface area contributed by atoms with Crippen molar-refractivity contribution in [3.05, 3.63) is 43.0 Å². The zero-order valence-electron chi connectivity index (χ0n) is 13.2. The van der Waals surface area contributed by atoms with Crippen LogP contribution in [0.15, 0.2) is 43.0 Å². The van der Waals surface area contributed by atoms with E-state index < -0.39 is 0 Å². The molecule has 0 bridgehead atoms. The second-order valence-corrected chi connectivity index (χ2v) is 5.73. The minimum absolute atomic E-state index is 0.401. The molecule has 0 saturated carbocycles. The van der Waals surface area contributed by atoms with Gasteiger partial charge in [0.15, 0.2) is 0 Å². The molecule has 1 heterocycles. The standard InChI is InChI=1S/C18H28N2O/c1-3-5-9-13-19-14-15-20(17(16-19)10-4-2)21-18-11-7-6-8-12-18/h4,6-8,11-12,17H,2-3,5,9-10,13-16H2,1H3. The molecule has 1 aliphatic heterocycles. The first-order valence-corrected chi connectivity index (χ1v) is 8.16. The summed E-state index contributed by atoms with van der Waals surface area (Å²) in [5, 5.41) is 2.13. The van der Waals surface area contributed by atoms with Gasteiger partial charge in [0.2, 0.25) is 0 Å². The summed E-state index contributed by atoms with van der Waals surface area (Å²) in [6, 6.07) is 10.5. The van der Waals surface area contributed by atoms with Crippen molar-refractivity contribution in [1.82, 2.24) is 9.96 Å². The van der Waals surface area contributed by atoms with Gasteiger partial charge in [0, 0.05) is 19.6 Å². The van der Waals surface area contributed by atoms with Crippen molar-refractivity contribution in [3.8, 4) is 5.75 Å². The molecule has 1 aromatic carbocycles. The minimum Gasteiger partial charge on any atom is -0.406 e. The molecule has 0 aromatic heterocycles. The van der Waals surface area contributed by atoms with Gasteiger partial charge in [0.05, 0.1) is 6.04 Å². The highest BCUT2D eigenvalue weighted by molar-refractivity contribution is 5.20. The van der Waals surface area contributed by atoms with Crippen molar-refractivity contribution >= 4 is 0 Å². The fourth-order valence-electron chi connectivity index (χ4n) is 2.81. The summed E-state index contributed by atoms with van der Waals surface area (Å²) in [5.41, 5.74) is 0. The Kier molecular flexibility index (Phi) is 6.77. The maximum atomic E-state index is 6.05. The van der Waals surface area contributed by atoms with Gasteiger partial charge in [-0.3, -0.25) is 0 Å². The number of nitrogens with zero attached hydrogens (tertiary/aromatic N) is 2. The van der Waals surface area contributed by atoms with Gasteiger partial charge in [0.25, 0.3) is 0 Å². The van der Waals surface area contributed by atoms with Gasteiger partial charge in [-0.2, -0.15) is 0 Å². The van der Waals surface area contributed by atoms with E-state index in [0.29, 0.717) is 6.04 Å². The summed E-state index contributed by atoms with van der Waals surface area (Å²) in [5.74, 6) is 0.922. The number of hydrogen-bond donors (Lipinski definition) is 0. The summed E-state index contributed by atoms with van der Waals surface area (Å²) in [4.78, 5) is 8.62. The number of rotatable bonds is 8. The van der Waals surface area contributed by atoms with E-state index in [0.717, 1.165) is 31.8 Å². The zero-order chi connectivity index (χ0) is 14.9. The lowest BCUT2D eigenvalue weighted by Gasteiger charge is -2.40. The van der Waals surface area contributed by atoms with E-state index in [1.807, 2.05) is 36.4 Å². The molecule has 3 nitrogen and oxygen atoms in total. The second-order valence-electron chi connectivity index (χ2n) is 5.73. The summed E-state index contributed by atoms with van der Waals surface area (Å²) in [6.45, 7) is 10.5. The van der Waals surface area contributed by atoms with Crippen LogP contribution in [0.1, 0.15) is 32.6 Å². The Morgan fingerprint density at radius 3 is 2.76 bits per heavy atom. The van der Waals surface area contributed by atoms with E-state index in [9.17, 15) is 0 Å². The molecule has 0 radical (unpaired) electrons. The van der Waals surface area contributed by atoms with Crippen molar-refractivity contribution in [1.29, 1.82) is 0 Å². The van der Waals surface area contributed by atoms with Gasteiger partial charge in [0.1, 0.15) is 5.75 Å². The third-order valence-corrected chi connectivity index (χ3v) is 4.00. The molecule has 3 heteroatoms. The predicted molar refractivity (Wildman–Crippen MR) is 88.3 cm³/mol. The summed E-state index contributed by atoms with van der Waals surface area (Å²) < 4.78 is 0. The maximum absolute atomic E-state index is 6.05. The Morgan fingerprint density at radius 2 is 2.05 bits per heavy atom. The topological polar surface area (TPSA) is 15.7 Å². The second kappa shape index (κ2) is 8.85. The number of hydroxylamine groups is 2. The molecule has 1 saturated heterocycles. The van der Waals surface area contributed by atoms with E-state index in [1.54, 1.807) is 0 Å². The molecule has 1 aromatic rings. The van der Waals surface area contributed by atoms with Crippen molar-refractivity contribution in [2.24, 2.45) is 0 Å². The van der Waals surface area contributed by atoms with Gasteiger partial charge in [-0.05, 0) is 31.5 Å². The van der Waals surface area contributed by atoms with Crippen LogP contribution in [0.5, 0.6) is 5.75 Å². The van der Waals surface area contributed by atoms with Crippen LogP contribution in [0.3, 0.4) is 0 Å². The van der Waals surface area contributed by atoms with E-state index in [2.05, 4.69) is 23.5 Å². The van der Waals surface area contributed by atoms with Crippen LogP contribution in [-0.2, 0) is 0 Å². The fraction of sp³-hybridized carbons (Fsp3) is 0.556. The van der Waals surface area contributed by atoms with Gasteiger partial charge < -0.3 is 9.74 Å². The maximum Gasteiger partial charge on any atom is 0.147 e. The average molecular weight is 288 g/mol. The molecule has 21 heavy (non-hydrogen) atoms. The summed E-state index contributed by atoms with van der Waals surface area (Å²) in [7, 11) is 0. The number of hydrogen-bond acceptors (Lipinski definition) is 3. The first-order valence-electron chi connectivity index (χ1n) is 8.16. The van der Waals surface area contributed by atoms with Crippen LogP contribution in [0, 0.1) is 0 Å². The largest absolute Gasteiger partial charge is 0.406 e. The molecule has 2 rings (SSSR count). The Morgan fingerprint density at radius 1 is 1.24 bits per heavy atom. The van der Waals surface area contributed by atoms with E-state index in [1.165, 1.54) is 25.8 Å². The van der Waals surface area contributed by atoms with Crippen molar-refractivity contribution in [2.75, 3.05) is 26.2 Å². The lowest BCUT2D eigenvalue weighted by Crippen LogP contribution is -2.54. The van der Waals surface area contributed by atoms with E-state index >= 15 is 0 Å². The highest BCUT2D eigenvalue weighted by Gasteiger charge is 2.27. The summed E-state index contributed by atoms with van der Waals surface area (Å²) in [6.07, 6.45) is 6.88. The third-order valence-electron chi connectivity index (χ3n) is 4.00. The first kappa shape index (κ1) is 16.1. The smallest absolute Gasteiger partial charge is 0.147 e. The Hall–Kier alpha value is -1.32. The third kappa shape index (κ3) is 5.18. The SMILES string of the molecule is C=CCC1CN(CCCCC)CCN1Oc1ccccc1. The minimum atomic E-state index is 0.401. The van der Waals surface area contributed by atoms with Crippen LogP contribution >= 0.6 is 0 Å². The molecule has 1 aliphatic rings. The molecular formula is C18H28N2O. The Labute approximate surface area is 129 Å². The molecule has 1 atom stereocenters. The monoisotopic (exact) mass is 288 g/mol. The molecular weight excluding hydrogens is 260 g/mol. The predicted octanol–water partition coefficient (Wildman–Crippen LogP) is 3.73. The van der Waals surface area contributed by atoms with Crippen LogP contribution in [0.2, 0.25) is 0 Å². The molecule has 0 spiro atoms. The number of piperazine rings is 1.